The van der Waals surface area contributed by atoms with Crippen LogP contribution in [0.3, 0.4) is 0 Å². The zero-order chi connectivity index (χ0) is 12.3. The van der Waals surface area contributed by atoms with E-state index in [0.717, 1.165) is 12.8 Å². The van der Waals surface area contributed by atoms with Crippen LogP contribution in [0.5, 0.6) is 0 Å². The lowest BCUT2D eigenvalue weighted by Crippen LogP contribution is -2.45. The lowest BCUT2D eigenvalue weighted by atomic mass is 9.97. The van der Waals surface area contributed by atoms with Gasteiger partial charge in [0.05, 0.1) is 0 Å². The van der Waals surface area contributed by atoms with Gasteiger partial charge in [-0.3, -0.25) is 4.79 Å². The topological polar surface area (TPSA) is 46.3 Å². The van der Waals surface area contributed by atoms with Crippen LogP contribution in [0.4, 0.5) is 0 Å². The minimum absolute atomic E-state index is 0.273. The van der Waals surface area contributed by atoms with Crippen LogP contribution >= 0.6 is 0 Å². The fraction of sp³-hybridized carbons (Fsp3) is 0.929. The Hall–Kier alpha value is -0.570. The molecule has 3 heteroatoms. The van der Waals surface area contributed by atoms with Crippen LogP contribution in [0.1, 0.15) is 51.4 Å². The van der Waals surface area contributed by atoms with Crippen LogP contribution in [-0.4, -0.2) is 30.4 Å². The van der Waals surface area contributed by atoms with E-state index in [9.17, 15) is 4.79 Å². The summed E-state index contributed by atoms with van der Waals surface area (Å²) in [6.07, 6.45) is 9.74. The van der Waals surface area contributed by atoms with Crippen molar-refractivity contribution in [2.75, 3.05) is 13.6 Å². The van der Waals surface area contributed by atoms with Crippen molar-refractivity contribution in [1.82, 2.24) is 4.90 Å². The summed E-state index contributed by atoms with van der Waals surface area (Å²) in [7, 11) is 1.96. The van der Waals surface area contributed by atoms with Crippen LogP contribution in [0, 0.1) is 11.8 Å². The minimum Gasteiger partial charge on any atom is -0.341 e. The van der Waals surface area contributed by atoms with E-state index in [4.69, 9.17) is 5.73 Å². The van der Waals surface area contributed by atoms with Gasteiger partial charge in [-0.15, -0.1) is 0 Å². The monoisotopic (exact) mass is 238 g/mol. The first kappa shape index (κ1) is 12.9. The number of rotatable bonds is 4. The van der Waals surface area contributed by atoms with Crippen molar-refractivity contribution >= 4 is 5.91 Å². The van der Waals surface area contributed by atoms with Gasteiger partial charge in [-0.2, -0.15) is 0 Å². The first-order chi connectivity index (χ1) is 8.24. The van der Waals surface area contributed by atoms with Gasteiger partial charge in [0, 0.05) is 25.6 Å². The third kappa shape index (κ3) is 3.21. The summed E-state index contributed by atoms with van der Waals surface area (Å²) in [5.41, 5.74) is 5.82. The molecule has 1 amide bonds. The molecule has 0 spiro atoms. The Kier molecular flexibility index (Phi) is 4.43. The Balaban J connectivity index is 1.92. The highest BCUT2D eigenvalue weighted by molar-refractivity contribution is 5.79. The molecule has 2 saturated carbocycles. The molecule has 0 aromatic rings. The van der Waals surface area contributed by atoms with Gasteiger partial charge < -0.3 is 10.6 Å². The fourth-order valence-corrected chi connectivity index (χ4v) is 3.13. The smallest absolute Gasteiger partial charge is 0.225 e. The highest BCUT2D eigenvalue weighted by atomic mass is 16.2. The molecule has 0 aromatic carbocycles. The zero-order valence-corrected chi connectivity index (χ0v) is 11.0. The molecule has 2 aliphatic rings. The van der Waals surface area contributed by atoms with Gasteiger partial charge in [-0.25, -0.2) is 0 Å². The van der Waals surface area contributed by atoms with Crippen LogP contribution < -0.4 is 5.73 Å². The first-order valence-electron chi connectivity index (χ1n) is 7.20. The van der Waals surface area contributed by atoms with Gasteiger partial charge in [-0.05, 0) is 31.6 Å². The van der Waals surface area contributed by atoms with Crippen LogP contribution in [0.2, 0.25) is 0 Å². The molecule has 0 heterocycles. The lowest BCUT2D eigenvalue weighted by molar-refractivity contribution is -0.137. The van der Waals surface area contributed by atoms with E-state index in [1.807, 2.05) is 11.9 Å². The van der Waals surface area contributed by atoms with Crippen molar-refractivity contribution in [2.24, 2.45) is 17.6 Å². The molecule has 2 aliphatic carbocycles. The fourth-order valence-electron chi connectivity index (χ4n) is 3.13. The Bertz CT molecular complexity index is 255. The van der Waals surface area contributed by atoms with Crippen LogP contribution in [0.15, 0.2) is 0 Å². The molecular weight excluding hydrogens is 212 g/mol. The summed E-state index contributed by atoms with van der Waals surface area (Å²) in [4.78, 5) is 14.4. The van der Waals surface area contributed by atoms with Gasteiger partial charge in [-0.1, -0.05) is 25.7 Å². The second-order valence-corrected chi connectivity index (χ2v) is 5.78. The summed E-state index contributed by atoms with van der Waals surface area (Å²) in [5.74, 6) is 1.31. The Labute approximate surface area is 105 Å². The molecule has 0 saturated heterocycles. The molecule has 0 radical (unpaired) electrons. The summed E-state index contributed by atoms with van der Waals surface area (Å²) < 4.78 is 0. The molecule has 98 valence electrons. The minimum atomic E-state index is 0.273. The molecule has 2 N–H and O–H groups in total. The van der Waals surface area contributed by atoms with E-state index in [0.29, 0.717) is 24.4 Å². The molecule has 0 aromatic heterocycles. The SMILES string of the molecule is CN(C(=O)C1CCCCCC1)C(CN)C1CC1. The van der Waals surface area contributed by atoms with Crippen molar-refractivity contribution in [2.45, 2.75) is 57.4 Å². The van der Waals surface area contributed by atoms with Crippen molar-refractivity contribution in [1.29, 1.82) is 0 Å². The number of nitrogens with two attached hydrogens (primary N) is 1. The molecule has 0 bridgehead atoms. The molecule has 0 aliphatic heterocycles. The molecular formula is C14H26N2O. The summed E-state index contributed by atoms with van der Waals surface area (Å²) in [6, 6.07) is 0.297. The van der Waals surface area contributed by atoms with Crippen LogP contribution in [-0.2, 0) is 4.79 Å². The van der Waals surface area contributed by atoms with Gasteiger partial charge in [0.2, 0.25) is 5.91 Å². The number of likely N-dealkylation sites (N-methyl/N-ethyl adjacent to an activating group) is 1. The summed E-state index contributed by atoms with van der Waals surface area (Å²) in [5, 5.41) is 0. The van der Waals surface area contributed by atoms with E-state index in [1.54, 1.807) is 0 Å². The second kappa shape index (κ2) is 5.85. The third-order valence-electron chi connectivity index (χ3n) is 4.46. The Morgan fingerprint density at radius 3 is 2.24 bits per heavy atom. The molecule has 2 fully saturated rings. The highest BCUT2D eigenvalue weighted by Crippen LogP contribution is 2.35. The van der Waals surface area contributed by atoms with E-state index < -0.39 is 0 Å². The second-order valence-electron chi connectivity index (χ2n) is 5.78. The predicted molar refractivity (Wildman–Crippen MR) is 69.5 cm³/mol. The number of hydrogen-bond acceptors (Lipinski definition) is 2. The summed E-state index contributed by atoms with van der Waals surface area (Å²) >= 11 is 0. The van der Waals surface area contributed by atoms with Crippen molar-refractivity contribution in [3.63, 3.8) is 0 Å². The largest absolute Gasteiger partial charge is 0.341 e. The number of carbonyl (C=O) groups is 1. The number of hydrogen-bond donors (Lipinski definition) is 1. The number of carbonyl (C=O) groups excluding carboxylic acids is 1. The third-order valence-corrected chi connectivity index (χ3v) is 4.46. The van der Waals surface area contributed by atoms with Crippen molar-refractivity contribution in [3.05, 3.63) is 0 Å². The maximum Gasteiger partial charge on any atom is 0.225 e. The van der Waals surface area contributed by atoms with Gasteiger partial charge in [0.1, 0.15) is 0 Å². The van der Waals surface area contributed by atoms with E-state index in [1.165, 1.54) is 38.5 Å². The Morgan fingerprint density at radius 2 is 1.76 bits per heavy atom. The van der Waals surface area contributed by atoms with E-state index in [2.05, 4.69) is 0 Å². The normalized spacial score (nSPS) is 24.1. The number of nitrogens with zero attached hydrogens (tertiary/aromatic N) is 1. The Morgan fingerprint density at radius 1 is 1.18 bits per heavy atom. The van der Waals surface area contributed by atoms with Gasteiger partial charge in [0.15, 0.2) is 0 Å². The van der Waals surface area contributed by atoms with E-state index in [-0.39, 0.29) is 5.92 Å². The predicted octanol–water partition coefficient (Wildman–Crippen LogP) is 2.15. The van der Waals surface area contributed by atoms with Crippen molar-refractivity contribution in [3.8, 4) is 0 Å². The van der Waals surface area contributed by atoms with Gasteiger partial charge >= 0.3 is 0 Å². The maximum absolute atomic E-state index is 12.5. The average molecular weight is 238 g/mol. The average Bonchev–Trinajstić information content (AvgIpc) is 3.15. The quantitative estimate of drug-likeness (QED) is 0.763. The summed E-state index contributed by atoms with van der Waals surface area (Å²) in [6.45, 7) is 0.625. The van der Waals surface area contributed by atoms with Crippen molar-refractivity contribution < 1.29 is 4.79 Å². The zero-order valence-electron chi connectivity index (χ0n) is 11.0. The lowest BCUT2D eigenvalue weighted by Gasteiger charge is -2.30. The van der Waals surface area contributed by atoms with Gasteiger partial charge in [0.25, 0.3) is 0 Å². The van der Waals surface area contributed by atoms with E-state index >= 15 is 0 Å². The van der Waals surface area contributed by atoms with Crippen LogP contribution in [0.25, 0.3) is 0 Å². The molecule has 3 nitrogen and oxygen atoms in total. The molecule has 17 heavy (non-hydrogen) atoms. The first-order valence-corrected chi connectivity index (χ1v) is 7.20. The standard InChI is InChI=1S/C14H26N2O/c1-16(13(10-15)11-8-9-11)14(17)12-6-4-2-3-5-7-12/h11-13H,2-10,15H2,1H3. The molecule has 1 atom stereocenters. The molecule has 2 rings (SSSR count). The number of amides is 1. The molecule has 1 unspecified atom stereocenters. The highest BCUT2D eigenvalue weighted by Gasteiger charge is 2.36. The maximum atomic E-state index is 12.5.